The highest BCUT2D eigenvalue weighted by molar-refractivity contribution is 6.32. The van der Waals surface area contributed by atoms with Crippen LogP contribution >= 0.6 is 11.6 Å². The maximum absolute atomic E-state index is 13.4. The van der Waals surface area contributed by atoms with Crippen LogP contribution in [0.15, 0.2) is 70.3 Å². The summed E-state index contributed by atoms with van der Waals surface area (Å²) in [5.74, 6) is 0. The molecule has 0 radical (unpaired) electrons. The largest absolute Gasteiger partial charge is 0.379 e. The first-order valence-corrected chi connectivity index (χ1v) is 11.4. The number of benzene rings is 2. The normalized spacial score (nSPS) is 15.7. The maximum Gasteiger partial charge on any atom is 0.280 e. The van der Waals surface area contributed by atoms with Crippen molar-refractivity contribution in [1.29, 1.82) is 0 Å². The number of H-pyrrole nitrogens is 1. The zero-order chi connectivity index (χ0) is 22.9. The van der Waals surface area contributed by atoms with Crippen LogP contribution in [-0.2, 0) is 11.3 Å². The van der Waals surface area contributed by atoms with Crippen LogP contribution in [-0.4, -0.2) is 45.6 Å². The first-order valence-electron chi connectivity index (χ1n) is 11.0. The van der Waals surface area contributed by atoms with Gasteiger partial charge in [0.1, 0.15) is 0 Å². The van der Waals surface area contributed by atoms with Crippen LogP contribution in [0, 0.1) is 6.92 Å². The van der Waals surface area contributed by atoms with E-state index in [1.165, 1.54) is 10.7 Å². The summed E-state index contributed by atoms with van der Waals surface area (Å²) >= 11 is 6.32. The molecule has 4 aromatic rings. The number of halogens is 1. The Morgan fingerprint density at radius 2 is 1.73 bits per heavy atom. The molecule has 0 saturated carbocycles. The van der Waals surface area contributed by atoms with E-state index in [-0.39, 0.29) is 17.2 Å². The molecule has 3 heterocycles. The van der Waals surface area contributed by atoms with Crippen LogP contribution in [0.4, 0.5) is 0 Å². The number of fused-ring (bicyclic) bond motifs is 1. The zero-order valence-electron chi connectivity index (χ0n) is 18.3. The molecule has 2 aromatic carbocycles. The second kappa shape index (κ2) is 9.02. The molecule has 1 saturated heterocycles. The molecule has 0 spiro atoms. The van der Waals surface area contributed by atoms with E-state index in [2.05, 4.69) is 22.1 Å². The van der Waals surface area contributed by atoms with Gasteiger partial charge in [0.05, 0.1) is 40.9 Å². The van der Waals surface area contributed by atoms with Crippen molar-refractivity contribution in [2.45, 2.75) is 19.5 Å². The molecule has 170 valence electrons. The van der Waals surface area contributed by atoms with Gasteiger partial charge < -0.3 is 9.30 Å². The van der Waals surface area contributed by atoms with Crippen molar-refractivity contribution in [3.05, 3.63) is 97.7 Å². The minimum atomic E-state index is -0.230. The number of aromatic nitrogens is 3. The molecule has 1 aliphatic rings. The SMILES string of the molecule is Cc1c2c(=O)n(-c3ccccc3Cl)[nH]c2cc(=O)n1CC(c1ccccc1)N1CCOCC1. The van der Waals surface area contributed by atoms with Gasteiger partial charge in [0, 0.05) is 31.4 Å². The molecule has 0 aliphatic carbocycles. The summed E-state index contributed by atoms with van der Waals surface area (Å²) in [6, 6.07) is 18.8. The lowest BCUT2D eigenvalue weighted by Gasteiger charge is -2.35. The van der Waals surface area contributed by atoms with E-state index < -0.39 is 0 Å². The molecular formula is C25H25ClN4O3. The number of nitrogens with one attached hydrogen (secondary N) is 1. The lowest BCUT2D eigenvalue weighted by molar-refractivity contribution is 0.0120. The Labute approximate surface area is 195 Å². The quantitative estimate of drug-likeness (QED) is 0.490. The van der Waals surface area contributed by atoms with E-state index in [0.29, 0.717) is 47.1 Å². The molecule has 0 bridgehead atoms. The van der Waals surface area contributed by atoms with Crippen molar-refractivity contribution < 1.29 is 4.74 Å². The number of aryl methyl sites for hydroxylation is 1. The van der Waals surface area contributed by atoms with Crippen molar-refractivity contribution >= 4 is 22.5 Å². The van der Waals surface area contributed by atoms with Crippen LogP contribution in [0.3, 0.4) is 0 Å². The van der Waals surface area contributed by atoms with Gasteiger partial charge in [0.15, 0.2) is 0 Å². The third-order valence-electron chi connectivity index (χ3n) is 6.34. The number of nitrogens with zero attached hydrogens (tertiary/aromatic N) is 3. The molecule has 1 unspecified atom stereocenters. The molecule has 1 atom stereocenters. The van der Waals surface area contributed by atoms with Crippen molar-refractivity contribution in [2.24, 2.45) is 0 Å². The summed E-state index contributed by atoms with van der Waals surface area (Å²) in [5, 5.41) is 4.00. The molecule has 33 heavy (non-hydrogen) atoms. The fraction of sp³-hybridized carbons (Fsp3) is 0.280. The minimum Gasteiger partial charge on any atom is -0.379 e. The first-order chi connectivity index (χ1) is 16.0. The fourth-order valence-corrected chi connectivity index (χ4v) is 4.83. The summed E-state index contributed by atoms with van der Waals surface area (Å²) in [6.07, 6.45) is 0. The second-order valence-electron chi connectivity index (χ2n) is 8.25. The van der Waals surface area contributed by atoms with Crippen LogP contribution in [0.2, 0.25) is 5.02 Å². The number of para-hydroxylation sites is 1. The third kappa shape index (κ3) is 4.04. The summed E-state index contributed by atoms with van der Waals surface area (Å²) in [6.45, 7) is 5.18. The number of ether oxygens (including phenoxy) is 1. The van der Waals surface area contributed by atoms with Gasteiger partial charge in [-0.25, -0.2) is 4.68 Å². The maximum atomic E-state index is 13.4. The highest BCUT2D eigenvalue weighted by Crippen LogP contribution is 2.25. The highest BCUT2D eigenvalue weighted by Gasteiger charge is 2.25. The molecule has 5 rings (SSSR count). The number of hydrogen-bond acceptors (Lipinski definition) is 4. The Morgan fingerprint density at radius 3 is 2.45 bits per heavy atom. The third-order valence-corrected chi connectivity index (χ3v) is 6.66. The van der Waals surface area contributed by atoms with E-state index in [1.807, 2.05) is 37.3 Å². The predicted molar refractivity (Wildman–Crippen MR) is 129 cm³/mol. The monoisotopic (exact) mass is 464 g/mol. The number of aromatic amines is 1. The van der Waals surface area contributed by atoms with Crippen molar-refractivity contribution in [3.63, 3.8) is 0 Å². The van der Waals surface area contributed by atoms with Crippen molar-refractivity contribution in [2.75, 3.05) is 26.3 Å². The summed E-state index contributed by atoms with van der Waals surface area (Å²) in [7, 11) is 0. The Kier molecular flexibility index (Phi) is 5.93. The van der Waals surface area contributed by atoms with Crippen LogP contribution < -0.4 is 11.1 Å². The topological polar surface area (TPSA) is 72.3 Å². The molecule has 1 N–H and O–H groups in total. The van der Waals surface area contributed by atoms with E-state index in [1.54, 1.807) is 16.7 Å². The average molecular weight is 465 g/mol. The smallest absolute Gasteiger partial charge is 0.280 e. The average Bonchev–Trinajstić information content (AvgIpc) is 3.16. The van der Waals surface area contributed by atoms with Gasteiger partial charge in [0.2, 0.25) is 0 Å². The second-order valence-corrected chi connectivity index (χ2v) is 8.65. The minimum absolute atomic E-state index is 0.00585. The Morgan fingerprint density at radius 1 is 1.03 bits per heavy atom. The van der Waals surface area contributed by atoms with Gasteiger partial charge in [-0.1, -0.05) is 54.1 Å². The first kappa shape index (κ1) is 21.7. The molecule has 7 nitrogen and oxygen atoms in total. The number of morpholine rings is 1. The highest BCUT2D eigenvalue weighted by atomic mass is 35.5. The number of hydrogen-bond donors (Lipinski definition) is 1. The Bertz CT molecular complexity index is 1400. The molecule has 0 amide bonds. The van der Waals surface area contributed by atoms with Gasteiger partial charge in [-0.3, -0.25) is 19.6 Å². The lowest BCUT2D eigenvalue weighted by atomic mass is 10.0. The standard InChI is InChI=1S/C25H25ClN4O3/c1-17-24-20(27-30(25(24)32)21-10-6-5-9-19(21)26)15-23(31)29(17)16-22(18-7-3-2-4-8-18)28-11-13-33-14-12-28/h2-10,15,22,27H,11-14,16H2,1H3. The summed E-state index contributed by atoms with van der Waals surface area (Å²) in [5.41, 5.74) is 2.44. The Balaban J connectivity index is 1.62. The molecule has 1 fully saturated rings. The van der Waals surface area contributed by atoms with Gasteiger partial charge in [0.25, 0.3) is 11.1 Å². The van der Waals surface area contributed by atoms with Gasteiger partial charge in [-0.2, -0.15) is 0 Å². The van der Waals surface area contributed by atoms with E-state index >= 15 is 0 Å². The Hall–Kier alpha value is -3.13. The van der Waals surface area contributed by atoms with Crippen LogP contribution in [0.1, 0.15) is 17.3 Å². The van der Waals surface area contributed by atoms with E-state index in [0.717, 1.165) is 18.7 Å². The number of pyridine rings is 1. The van der Waals surface area contributed by atoms with Crippen LogP contribution in [0.5, 0.6) is 0 Å². The van der Waals surface area contributed by atoms with Crippen molar-refractivity contribution in [3.8, 4) is 5.69 Å². The van der Waals surface area contributed by atoms with Crippen LogP contribution in [0.25, 0.3) is 16.6 Å². The van der Waals surface area contributed by atoms with Gasteiger partial charge >= 0.3 is 0 Å². The predicted octanol–water partition coefficient (Wildman–Crippen LogP) is 3.52. The number of rotatable bonds is 5. The van der Waals surface area contributed by atoms with Gasteiger partial charge in [-0.05, 0) is 24.6 Å². The molecule has 2 aromatic heterocycles. The zero-order valence-corrected chi connectivity index (χ0v) is 19.1. The molecule has 8 heteroatoms. The lowest BCUT2D eigenvalue weighted by Crippen LogP contribution is -2.42. The van der Waals surface area contributed by atoms with E-state index in [4.69, 9.17) is 16.3 Å². The summed E-state index contributed by atoms with van der Waals surface area (Å²) < 4.78 is 8.66. The van der Waals surface area contributed by atoms with E-state index in [9.17, 15) is 9.59 Å². The van der Waals surface area contributed by atoms with Crippen molar-refractivity contribution in [1.82, 2.24) is 19.2 Å². The van der Waals surface area contributed by atoms with Gasteiger partial charge in [-0.15, -0.1) is 0 Å². The molecule has 1 aliphatic heterocycles. The molecular weight excluding hydrogens is 440 g/mol. The fourth-order valence-electron chi connectivity index (χ4n) is 4.61. The summed E-state index contributed by atoms with van der Waals surface area (Å²) in [4.78, 5) is 28.9.